The first-order valence-electron chi connectivity index (χ1n) is 8.76. The average Bonchev–Trinajstić information content (AvgIpc) is 3.16. The Labute approximate surface area is 160 Å². The maximum absolute atomic E-state index is 5.40. The Morgan fingerprint density at radius 3 is 2.27 bits per heavy atom. The zero-order chi connectivity index (χ0) is 18.4. The fourth-order valence-corrected chi connectivity index (χ4v) is 3.31. The highest BCUT2D eigenvalue weighted by Crippen LogP contribution is 2.25. The second kappa shape index (κ2) is 8.76. The fraction of sp³-hybridized carbons (Fsp3) is 0.350. The molecule has 1 atom stereocenters. The highest BCUT2D eigenvalue weighted by atomic mass is 32.1. The van der Waals surface area contributed by atoms with Crippen molar-refractivity contribution in [3.63, 3.8) is 0 Å². The summed E-state index contributed by atoms with van der Waals surface area (Å²) in [5.41, 5.74) is 2.20. The van der Waals surface area contributed by atoms with E-state index in [-0.39, 0.29) is 0 Å². The summed E-state index contributed by atoms with van der Waals surface area (Å²) in [5, 5.41) is 7.20. The van der Waals surface area contributed by atoms with Crippen LogP contribution in [-0.4, -0.2) is 39.0 Å². The van der Waals surface area contributed by atoms with E-state index in [1.54, 1.807) is 14.2 Å². The van der Waals surface area contributed by atoms with Gasteiger partial charge in [0, 0.05) is 31.0 Å². The molecule has 26 heavy (non-hydrogen) atoms. The van der Waals surface area contributed by atoms with Gasteiger partial charge in [0.1, 0.15) is 11.5 Å². The van der Waals surface area contributed by atoms with E-state index in [0.29, 0.717) is 11.0 Å². The maximum Gasteiger partial charge on any atom is 0.170 e. The largest absolute Gasteiger partial charge is 0.497 e. The summed E-state index contributed by atoms with van der Waals surface area (Å²) in [6.07, 6.45) is 1.16. The van der Waals surface area contributed by atoms with Crippen molar-refractivity contribution < 1.29 is 9.47 Å². The Balaban J connectivity index is 1.43. The summed E-state index contributed by atoms with van der Waals surface area (Å²) in [6.45, 7) is 2.97. The zero-order valence-corrected chi connectivity index (χ0v) is 16.0. The van der Waals surface area contributed by atoms with Crippen LogP contribution in [0.25, 0.3) is 0 Å². The lowest BCUT2D eigenvalue weighted by Gasteiger charge is -2.19. The van der Waals surface area contributed by atoms with E-state index in [4.69, 9.17) is 21.7 Å². The Hall–Kier alpha value is -2.47. The van der Waals surface area contributed by atoms with Crippen molar-refractivity contribution in [2.45, 2.75) is 6.42 Å². The number of hydrogen-bond donors (Lipinski definition) is 2. The molecule has 0 unspecified atom stereocenters. The molecule has 138 valence electrons. The van der Waals surface area contributed by atoms with Gasteiger partial charge in [0.25, 0.3) is 0 Å². The molecule has 0 amide bonds. The van der Waals surface area contributed by atoms with Gasteiger partial charge in [-0.1, -0.05) is 0 Å². The number of rotatable bonds is 6. The summed E-state index contributed by atoms with van der Waals surface area (Å²) in [4.78, 5) is 2.41. The van der Waals surface area contributed by atoms with Crippen LogP contribution < -0.4 is 25.0 Å². The third-order valence-electron chi connectivity index (χ3n) is 4.62. The monoisotopic (exact) mass is 371 g/mol. The zero-order valence-electron chi connectivity index (χ0n) is 15.2. The van der Waals surface area contributed by atoms with E-state index in [1.165, 1.54) is 5.69 Å². The van der Waals surface area contributed by atoms with Gasteiger partial charge in [-0.3, -0.25) is 0 Å². The van der Waals surface area contributed by atoms with Crippen LogP contribution in [0.4, 0.5) is 11.4 Å². The Morgan fingerprint density at radius 2 is 1.65 bits per heavy atom. The van der Waals surface area contributed by atoms with Crippen LogP contribution in [-0.2, 0) is 0 Å². The molecule has 0 saturated carbocycles. The molecular formula is C20H25N3O2S. The summed E-state index contributed by atoms with van der Waals surface area (Å²) in [6, 6.07) is 16.0. The van der Waals surface area contributed by atoms with E-state index in [0.717, 1.165) is 43.2 Å². The van der Waals surface area contributed by atoms with Gasteiger partial charge in [0.05, 0.1) is 14.2 Å². The topological polar surface area (TPSA) is 45.8 Å². The molecule has 2 N–H and O–H groups in total. The van der Waals surface area contributed by atoms with E-state index in [2.05, 4.69) is 27.7 Å². The molecule has 6 heteroatoms. The van der Waals surface area contributed by atoms with Crippen LogP contribution in [0.3, 0.4) is 0 Å². The van der Waals surface area contributed by atoms with Gasteiger partial charge in [-0.15, -0.1) is 0 Å². The molecule has 0 bridgehead atoms. The molecule has 5 nitrogen and oxygen atoms in total. The minimum atomic E-state index is 0.577. The molecule has 3 rings (SSSR count). The Morgan fingerprint density at radius 1 is 1.04 bits per heavy atom. The van der Waals surface area contributed by atoms with Crippen LogP contribution >= 0.6 is 12.2 Å². The quantitative estimate of drug-likeness (QED) is 0.758. The van der Waals surface area contributed by atoms with Crippen molar-refractivity contribution in [3.8, 4) is 11.5 Å². The lowest BCUT2D eigenvalue weighted by Crippen LogP contribution is -2.34. The lowest BCUT2D eigenvalue weighted by atomic mass is 10.1. The molecule has 1 aliphatic heterocycles. The molecule has 0 spiro atoms. The van der Waals surface area contributed by atoms with Crippen LogP contribution in [0.5, 0.6) is 11.5 Å². The maximum atomic E-state index is 5.40. The van der Waals surface area contributed by atoms with E-state index >= 15 is 0 Å². The van der Waals surface area contributed by atoms with E-state index in [9.17, 15) is 0 Å². The van der Waals surface area contributed by atoms with E-state index in [1.807, 2.05) is 36.4 Å². The Kier molecular flexibility index (Phi) is 6.17. The number of hydrogen-bond acceptors (Lipinski definition) is 4. The predicted octanol–water partition coefficient (Wildman–Crippen LogP) is 3.52. The summed E-state index contributed by atoms with van der Waals surface area (Å²) in [5.74, 6) is 2.30. The van der Waals surface area contributed by atoms with Gasteiger partial charge in [-0.05, 0) is 73.1 Å². The fourth-order valence-electron chi connectivity index (χ4n) is 3.11. The number of anilines is 2. The van der Waals surface area contributed by atoms with Crippen molar-refractivity contribution in [1.29, 1.82) is 0 Å². The predicted molar refractivity (Wildman–Crippen MR) is 111 cm³/mol. The van der Waals surface area contributed by atoms with Crippen molar-refractivity contribution in [2.24, 2.45) is 5.92 Å². The summed E-state index contributed by atoms with van der Waals surface area (Å²) < 4.78 is 10.4. The van der Waals surface area contributed by atoms with Crippen molar-refractivity contribution >= 4 is 28.7 Å². The van der Waals surface area contributed by atoms with Crippen molar-refractivity contribution in [1.82, 2.24) is 5.32 Å². The second-order valence-corrected chi connectivity index (χ2v) is 6.77. The third-order valence-corrected chi connectivity index (χ3v) is 4.87. The number of methoxy groups -OCH3 is 2. The second-order valence-electron chi connectivity index (χ2n) is 6.36. The smallest absolute Gasteiger partial charge is 0.170 e. The number of thiocarbonyl (C=S) groups is 1. The average molecular weight is 372 g/mol. The number of nitrogens with zero attached hydrogens (tertiary/aromatic N) is 1. The molecule has 2 aromatic carbocycles. The van der Waals surface area contributed by atoms with Crippen molar-refractivity contribution in [2.75, 3.05) is 44.1 Å². The van der Waals surface area contributed by atoms with Gasteiger partial charge in [-0.25, -0.2) is 0 Å². The minimum Gasteiger partial charge on any atom is -0.497 e. The summed E-state index contributed by atoms with van der Waals surface area (Å²) in [7, 11) is 3.35. The highest BCUT2D eigenvalue weighted by molar-refractivity contribution is 7.80. The molecule has 1 heterocycles. The van der Waals surface area contributed by atoms with Crippen molar-refractivity contribution in [3.05, 3.63) is 48.5 Å². The van der Waals surface area contributed by atoms with Crippen LogP contribution in [0.2, 0.25) is 0 Å². The molecule has 0 aromatic heterocycles. The number of ether oxygens (including phenoxy) is 2. The normalized spacial score (nSPS) is 16.2. The van der Waals surface area contributed by atoms with Crippen LogP contribution in [0, 0.1) is 5.92 Å². The van der Waals surface area contributed by atoms with Gasteiger partial charge < -0.3 is 25.0 Å². The standard InChI is InChI=1S/C20H25N3O2S/c1-24-18-7-3-16(4-8-18)22-20(26)21-13-15-11-12-23(14-15)17-5-9-19(25-2)10-6-17/h3-10,15H,11-14H2,1-2H3,(H2,21,22,26)/t15-/m0/s1. The first kappa shape index (κ1) is 18.3. The first-order chi connectivity index (χ1) is 12.7. The molecule has 1 saturated heterocycles. The Bertz CT molecular complexity index is 719. The molecule has 2 aromatic rings. The van der Waals surface area contributed by atoms with E-state index < -0.39 is 0 Å². The van der Waals surface area contributed by atoms with Gasteiger partial charge >= 0.3 is 0 Å². The van der Waals surface area contributed by atoms with Crippen LogP contribution in [0.15, 0.2) is 48.5 Å². The molecule has 0 radical (unpaired) electrons. The molecule has 1 aliphatic rings. The number of nitrogens with one attached hydrogen (secondary N) is 2. The van der Waals surface area contributed by atoms with Gasteiger partial charge in [-0.2, -0.15) is 0 Å². The first-order valence-corrected chi connectivity index (χ1v) is 9.16. The minimum absolute atomic E-state index is 0.577. The molecular weight excluding hydrogens is 346 g/mol. The summed E-state index contributed by atoms with van der Waals surface area (Å²) >= 11 is 5.40. The number of benzene rings is 2. The molecule has 0 aliphatic carbocycles. The lowest BCUT2D eigenvalue weighted by molar-refractivity contribution is 0.414. The van der Waals surface area contributed by atoms with Crippen LogP contribution in [0.1, 0.15) is 6.42 Å². The van der Waals surface area contributed by atoms with Gasteiger partial charge in [0.15, 0.2) is 5.11 Å². The third kappa shape index (κ3) is 4.79. The SMILES string of the molecule is COc1ccc(NC(=S)NC[C@@H]2CCN(c3ccc(OC)cc3)C2)cc1. The molecule has 1 fully saturated rings. The van der Waals surface area contributed by atoms with Gasteiger partial charge in [0.2, 0.25) is 0 Å². The highest BCUT2D eigenvalue weighted by Gasteiger charge is 2.22.